The summed E-state index contributed by atoms with van der Waals surface area (Å²) < 4.78 is 5.91. The number of rotatable bonds is 3. The molecule has 0 radical (unpaired) electrons. The summed E-state index contributed by atoms with van der Waals surface area (Å²) in [5.41, 5.74) is 2.37. The number of hydrogen-bond acceptors (Lipinski definition) is 3. The summed E-state index contributed by atoms with van der Waals surface area (Å²) in [7, 11) is 0. The van der Waals surface area contributed by atoms with Gasteiger partial charge in [-0.2, -0.15) is 0 Å². The molecule has 0 spiro atoms. The van der Waals surface area contributed by atoms with Crippen LogP contribution in [-0.4, -0.2) is 35.9 Å². The number of carbonyl (C=O) groups excluding carboxylic acids is 2. The van der Waals surface area contributed by atoms with E-state index in [-0.39, 0.29) is 24.0 Å². The molecule has 1 aliphatic heterocycles. The zero-order valence-electron chi connectivity index (χ0n) is 14.4. The molecule has 3 rings (SSSR count). The first-order valence-corrected chi connectivity index (χ1v) is 8.41. The second-order valence-corrected chi connectivity index (χ2v) is 6.20. The topological polar surface area (TPSA) is 58.6 Å². The van der Waals surface area contributed by atoms with Crippen LogP contribution < -0.4 is 5.32 Å². The number of nitrogens with one attached hydrogen (secondary N) is 1. The van der Waals surface area contributed by atoms with Crippen molar-refractivity contribution in [3.63, 3.8) is 0 Å². The number of nitrogens with zero attached hydrogens (tertiary/aromatic N) is 1. The Hall–Kier alpha value is -2.66. The van der Waals surface area contributed by atoms with E-state index in [1.165, 1.54) is 6.92 Å². The number of amides is 2. The maximum absolute atomic E-state index is 12.9. The molecule has 0 saturated carbocycles. The van der Waals surface area contributed by atoms with E-state index in [4.69, 9.17) is 4.74 Å². The van der Waals surface area contributed by atoms with Crippen LogP contribution in [0.1, 0.15) is 35.9 Å². The van der Waals surface area contributed by atoms with E-state index in [9.17, 15) is 9.59 Å². The highest BCUT2D eigenvalue weighted by Gasteiger charge is 2.33. The Labute approximate surface area is 147 Å². The maximum atomic E-state index is 12.9. The monoisotopic (exact) mass is 338 g/mol. The van der Waals surface area contributed by atoms with Crippen molar-refractivity contribution in [2.75, 3.05) is 18.5 Å². The molecule has 1 aliphatic rings. The molecule has 1 fully saturated rings. The van der Waals surface area contributed by atoms with Crippen molar-refractivity contribution in [3.05, 3.63) is 65.7 Å². The van der Waals surface area contributed by atoms with E-state index in [2.05, 4.69) is 5.32 Å². The summed E-state index contributed by atoms with van der Waals surface area (Å²) in [5.74, 6) is -0.155. The van der Waals surface area contributed by atoms with Crippen LogP contribution in [-0.2, 0) is 9.53 Å². The highest BCUT2D eigenvalue weighted by Crippen LogP contribution is 2.29. The highest BCUT2D eigenvalue weighted by atomic mass is 16.5. The minimum atomic E-state index is -0.133. The molecule has 2 aromatic carbocycles. The Morgan fingerprint density at radius 1 is 1.08 bits per heavy atom. The minimum Gasteiger partial charge on any atom is -0.370 e. The summed E-state index contributed by atoms with van der Waals surface area (Å²) in [6.07, 6.45) is -0.127. The lowest BCUT2D eigenvalue weighted by molar-refractivity contribution is -0.114. The standard InChI is InChI=1S/C20H22N2O3/c1-14-19(16-6-4-3-5-7-16)25-13-12-22(14)20(24)17-8-10-18(11-9-17)21-15(2)23/h3-11,14,19H,12-13H2,1-2H3,(H,21,23). The first kappa shape index (κ1) is 17.2. The van der Waals surface area contributed by atoms with Gasteiger partial charge in [-0.05, 0) is 36.8 Å². The molecule has 130 valence electrons. The Balaban J connectivity index is 1.76. The van der Waals surface area contributed by atoms with Crippen molar-refractivity contribution >= 4 is 17.5 Å². The van der Waals surface area contributed by atoms with Crippen LogP contribution in [0.4, 0.5) is 5.69 Å². The first-order chi connectivity index (χ1) is 12.1. The van der Waals surface area contributed by atoms with Gasteiger partial charge in [0.1, 0.15) is 6.10 Å². The molecular weight excluding hydrogens is 316 g/mol. The molecule has 5 heteroatoms. The lowest BCUT2D eigenvalue weighted by Gasteiger charge is -2.39. The van der Waals surface area contributed by atoms with Gasteiger partial charge >= 0.3 is 0 Å². The van der Waals surface area contributed by atoms with Crippen LogP contribution in [0.5, 0.6) is 0 Å². The zero-order chi connectivity index (χ0) is 17.8. The molecule has 2 unspecified atom stereocenters. The molecule has 0 aliphatic carbocycles. The smallest absolute Gasteiger partial charge is 0.254 e. The van der Waals surface area contributed by atoms with Crippen LogP contribution in [0.3, 0.4) is 0 Å². The molecule has 0 bridgehead atoms. The molecular formula is C20H22N2O3. The Morgan fingerprint density at radius 2 is 1.76 bits per heavy atom. The van der Waals surface area contributed by atoms with Gasteiger partial charge in [-0.1, -0.05) is 30.3 Å². The van der Waals surface area contributed by atoms with E-state index in [1.807, 2.05) is 42.2 Å². The Kier molecular flexibility index (Phi) is 5.14. The van der Waals surface area contributed by atoms with Gasteiger partial charge in [-0.25, -0.2) is 0 Å². The maximum Gasteiger partial charge on any atom is 0.254 e. The third-order valence-electron chi connectivity index (χ3n) is 4.40. The fourth-order valence-corrected chi connectivity index (χ4v) is 3.15. The third kappa shape index (κ3) is 3.88. The number of ether oxygens (including phenoxy) is 1. The molecule has 5 nitrogen and oxygen atoms in total. The first-order valence-electron chi connectivity index (χ1n) is 8.41. The van der Waals surface area contributed by atoms with Gasteiger partial charge in [0, 0.05) is 24.7 Å². The van der Waals surface area contributed by atoms with E-state index >= 15 is 0 Å². The van der Waals surface area contributed by atoms with Crippen LogP contribution >= 0.6 is 0 Å². The summed E-state index contributed by atoms with van der Waals surface area (Å²) in [6, 6.07) is 16.9. The average Bonchev–Trinajstić information content (AvgIpc) is 2.62. The number of morpholine rings is 1. The molecule has 0 aromatic heterocycles. The fourth-order valence-electron chi connectivity index (χ4n) is 3.15. The van der Waals surface area contributed by atoms with Crippen LogP contribution in [0.2, 0.25) is 0 Å². The SMILES string of the molecule is CC(=O)Nc1ccc(C(=O)N2CCOC(c3ccccc3)C2C)cc1. The quantitative estimate of drug-likeness (QED) is 0.934. The fraction of sp³-hybridized carbons (Fsp3) is 0.300. The number of benzene rings is 2. The van der Waals surface area contributed by atoms with Gasteiger partial charge < -0.3 is 15.0 Å². The summed E-state index contributed by atoms with van der Waals surface area (Å²) in [6.45, 7) is 4.55. The summed E-state index contributed by atoms with van der Waals surface area (Å²) in [5, 5.41) is 2.70. The minimum absolute atomic E-state index is 0.0221. The Morgan fingerprint density at radius 3 is 2.40 bits per heavy atom. The molecule has 25 heavy (non-hydrogen) atoms. The van der Waals surface area contributed by atoms with Crippen molar-refractivity contribution in [3.8, 4) is 0 Å². The van der Waals surface area contributed by atoms with E-state index in [0.717, 1.165) is 5.56 Å². The van der Waals surface area contributed by atoms with Crippen molar-refractivity contribution in [1.82, 2.24) is 4.90 Å². The predicted octanol–water partition coefficient (Wildman–Crippen LogP) is 3.25. The second-order valence-electron chi connectivity index (χ2n) is 6.20. The average molecular weight is 338 g/mol. The third-order valence-corrected chi connectivity index (χ3v) is 4.40. The molecule has 1 heterocycles. The van der Waals surface area contributed by atoms with Gasteiger partial charge in [0.25, 0.3) is 5.91 Å². The van der Waals surface area contributed by atoms with Crippen molar-refractivity contribution in [2.45, 2.75) is 26.0 Å². The van der Waals surface area contributed by atoms with Gasteiger partial charge in [-0.3, -0.25) is 9.59 Å². The molecule has 2 atom stereocenters. The number of hydrogen-bond donors (Lipinski definition) is 1. The molecule has 2 amide bonds. The van der Waals surface area contributed by atoms with Crippen molar-refractivity contribution in [1.29, 1.82) is 0 Å². The van der Waals surface area contributed by atoms with Gasteiger partial charge in [0.15, 0.2) is 0 Å². The van der Waals surface area contributed by atoms with Crippen LogP contribution in [0.25, 0.3) is 0 Å². The van der Waals surface area contributed by atoms with Crippen molar-refractivity contribution in [2.24, 2.45) is 0 Å². The highest BCUT2D eigenvalue weighted by molar-refractivity contribution is 5.95. The lowest BCUT2D eigenvalue weighted by Crippen LogP contribution is -2.48. The number of carbonyl (C=O) groups is 2. The van der Waals surface area contributed by atoms with Crippen LogP contribution in [0, 0.1) is 0 Å². The molecule has 1 N–H and O–H groups in total. The molecule has 2 aromatic rings. The van der Waals surface area contributed by atoms with Gasteiger partial charge in [0.05, 0.1) is 12.6 Å². The van der Waals surface area contributed by atoms with Gasteiger partial charge in [-0.15, -0.1) is 0 Å². The molecule has 1 saturated heterocycles. The lowest BCUT2D eigenvalue weighted by atomic mass is 9.99. The summed E-state index contributed by atoms with van der Waals surface area (Å²) in [4.78, 5) is 25.9. The predicted molar refractivity (Wildman–Crippen MR) is 96.4 cm³/mol. The second kappa shape index (κ2) is 7.49. The summed E-state index contributed by atoms with van der Waals surface area (Å²) >= 11 is 0. The van der Waals surface area contributed by atoms with E-state index in [1.54, 1.807) is 24.3 Å². The zero-order valence-corrected chi connectivity index (χ0v) is 14.4. The van der Waals surface area contributed by atoms with E-state index < -0.39 is 0 Å². The van der Waals surface area contributed by atoms with Gasteiger partial charge in [0.2, 0.25) is 5.91 Å². The van der Waals surface area contributed by atoms with E-state index in [0.29, 0.717) is 24.4 Å². The largest absolute Gasteiger partial charge is 0.370 e. The Bertz CT molecular complexity index is 743. The van der Waals surface area contributed by atoms with Crippen LogP contribution in [0.15, 0.2) is 54.6 Å². The number of anilines is 1. The normalized spacial score (nSPS) is 20.2. The van der Waals surface area contributed by atoms with Crippen molar-refractivity contribution < 1.29 is 14.3 Å².